The van der Waals surface area contributed by atoms with Gasteiger partial charge < -0.3 is 49.5 Å². The van der Waals surface area contributed by atoms with E-state index in [2.05, 4.69) is 11.6 Å². The number of aliphatic hydroxyl groups excluding tert-OH is 3. The maximum atomic E-state index is 12.5. The predicted octanol–water partition coefficient (Wildman–Crippen LogP) is -1.02. The highest BCUT2D eigenvalue weighted by molar-refractivity contribution is 5.90. The van der Waals surface area contributed by atoms with Gasteiger partial charge in [0, 0.05) is 28.3 Å². The average Bonchev–Trinajstić information content (AvgIpc) is 3.39. The molecule has 2 bridgehead atoms. The molecule has 1 aromatic heterocycles. The fourth-order valence-corrected chi connectivity index (χ4v) is 7.14. The molecule has 0 amide bonds. The third kappa shape index (κ3) is 4.19. The normalized spacial score (nSPS) is 37.6. The number of H-pyrrole nitrogens is 1. The molecular formula is C29H37NO11. The summed E-state index contributed by atoms with van der Waals surface area (Å²) in [5, 5.41) is 56.4. The van der Waals surface area contributed by atoms with Gasteiger partial charge in [-0.15, -0.1) is 6.58 Å². The zero-order valence-corrected chi connectivity index (χ0v) is 23.0. The monoisotopic (exact) mass is 575 g/mol. The molecule has 1 saturated carbocycles. The highest BCUT2D eigenvalue weighted by Crippen LogP contribution is 2.56. The number of aromatic amines is 1. The van der Waals surface area contributed by atoms with E-state index < -0.39 is 78.7 Å². The molecule has 224 valence electrons. The molecule has 0 aromatic carbocycles. The number of ether oxygens (including phenoxy) is 4. The summed E-state index contributed by atoms with van der Waals surface area (Å²) in [4.78, 5) is 27.4. The Kier molecular flexibility index (Phi) is 7.68. The minimum absolute atomic E-state index is 0.0671. The van der Waals surface area contributed by atoms with E-state index in [0.717, 1.165) is 17.3 Å². The Bertz CT molecular complexity index is 1380. The largest absolute Gasteiger partial charge is 0.483 e. The number of carbonyl (C=O) groups excluding carboxylic acids is 1. The summed E-state index contributed by atoms with van der Waals surface area (Å²) in [5.74, 6) is -5.71. The highest BCUT2D eigenvalue weighted by Gasteiger charge is 2.75. The lowest BCUT2D eigenvalue weighted by molar-refractivity contribution is -0.434. The molecule has 1 saturated heterocycles. The summed E-state index contributed by atoms with van der Waals surface area (Å²) in [6.45, 7) is 4.27. The van der Waals surface area contributed by atoms with Crippen molar-refractivity contribution < 1.29 is 54.1 Å². The van der Waals surface area contributed by atoms with E-state index in [4.69, 9.17) is 18.9 Å². The second kappa shape index (κ2) is 10.7. The van der Waals surface area contributed by atoms with Crippen LogP contribution in [0, 0.1) is 11.8 Å². The van der Waals surface area contributed by atoms with E-state index >= 15 is 0 Å². The predicted molar refractivity (Wildman–Crippen MR) is 142 cm³/mol. The fraction of sp³-hybridized carbons (Fsp3) is 0.586. The van der Waals surface area contributed by atoms with Crippen LogP contribution in [0.3, 0.4) is 0 Å². The smallest absolute Gasteiger partial charge is 0.333 e. The van der Waals surface area contributed by atoms with E-state index in [1.807, 2.05) is 13.0 Å². The van der Waals surface area contributed by atoms with Crippen LogP contribution in [0.2, 0.25) is 0 Å². The van der Waals surface area contributed by atoms with Crippen molar-refractivity contribution in [2.45, 2.75) is 74.3 Å². The Labute approximate surface area is 236 Å². The molecule has 41 heavy (non-hydrogen) atoms. The van der Waals surface area contributed by atoms with Crippen LogP contribution in [-0.2, 0) is 35.0 Å². The number of carboxylic acid groups (broad SMARTS) is 1. The molecule has 5 rings (SSSR count). The summed E-state index contributed by atoms with van der Waals surface area (Å²) in [6, 6.07) is 1.95. The third-order valence-electron chi connectivity index (χ3n) is 9.21. The van der Waals surface area contributed by atoms with Crippen molar-refractivity contribution in [3.8, 4) is 0 Å². The summed E-state index contributed by atoms with van der Waals surface area (Å²) in [6.07, 6.45) is 1.07. The summed E-state index contributed by atoms with van der Waals surface area (Å²) in [5.41, 5.74) is -2.10. The van der Waals surface area contributed by atoms with Crippen LogP contribution in [0.15, 0.2) is 30.4 Å². The number of carboxylic acids is 1. The molecule has 12 heteroatoms. The van der Waals surface area contributed by atoms with Crippen molar-refractivity contribution in [2.24, 2.45) is 11.8 Å². The Balaban J connectivity index is 1.57. The number of nitrogens with one attached hydrogen (secondary N) is 1. The van der Waals surface area contributed by atoms with Gasteiger partial charge in [-0.1, -0.05) is 19.1 Å². The van der Waals surface area contributed by atoms with Crippen LogP contribution in [0.25, 0.3) is 11.8 Å². The number of fused-ring (bicyclic) bond motifs is 2. The third-order valence-corrected chi connectivity index (χ3v) is 9.21. The molecule has 8 atom stereocenters. The van der Waals surface area contributed by atoms with Gasteiger partial charge in [0.25, 0.3) is 0 Å². The number of carbonyl (C=O) groups is 2. The topological polar surface area (TPSA) is 188 Å². The summed E-state index contributed by atoms with van der Waals surface area (Å²) >= 11 is 0. The lowest BCUT2D eigenvalue weighted by Gasteiger charge is -2.63. The Hall–Kier alpha value is -3.00. The van der Waals surface area contributed by atoms with Crippen molar-refractivity contribution in [2.75, 3.05) is 20.3 Å². The number of rotatable bonds is 9. The van der Waals surface area contributed by atoms with Gasteiger partial charge >= 0.3 is 11.9 Å². The number of aliphatic hydroxyl groups is 4. The van der Waals surface area contributed by atoms with Crippen LogP contribution in [-0.4, -0.2) is 98.1 Å². The van der Waals surface area contributed by atoms with E-state index in [9.17, 15) is 35.1 Å². The standard InChI is InChI=1S/C29H37NO11/c1-4-15-10-19-20-8-9-27(37)26(36)29(20,39-13-21(19)30-15)23(12-31)41-28(27,14-32)40-22-7-6-17(25(35)38-3)18(11-24(33)34)16(22)5-2/h5-6,10,13,16,18,22-23,26,30-32,36-37H,2,4,7-9,11-12,14H2,1,3H3,(H,33,34). The van der Waals surface area contributed by atoms with Crippen molar-refractivity contribution in [3.63, 3.8) is 0 Å². The van der Waals surface area contributed by atoms with E-state index in [1.165, 1.54) is 25.5 Å². The lowest BCUT2D eigenvalue weighted by Crippen LogP contribution is -2.82. The SMILES string of the molecule is C=CC1C(OC2(CO)OC(CO)C34OC=c5[nH]c(CC)cc5=C3CCC2(O)C4O)CC=C(C(=O)OC)C1CC(=O)O. The molecule has 12 nitrogen and oxygen atoms in total. The summed E-state index contributed by atoms with van der Waals surface area (Å²) < 4.78 is 23.6. The van der Waals surface area contributed by atoms with Crippen LogP contribution in [0.4, 0.5) is 0 Å². The Morgan fingerprint density at radius 2 is 2.07 bits per heavy atom. The van der Waals surface area contributed by atoms with E-state index in [1.54, 1.807) is 0 Å². The molecule has 1 aromatic rings. The molecule has 6 N–H and O–H groups in total. The number of aliphatic carboxylic acids is 1. The van der Waals surface area contributed by atoms with Crippen LogP contribution < -0.4 is 10.6 Å². The number of hydrogen-bond acceptors (Lipinski definition) is 10. The van der Waals surface area contributed by atoms with Gasteiger partial charge in [0.1, 0.15) is 25.1 Å². The molecule has 4 aliphatic rings. The molecule has 2 aliphatic carbocycles. The molecule has 1 spiro atoms. The quantitative estimate of drug-likeness (QED) is 0.156. The minimum atomic E-state index is -2.23. The van der Waals surface area contributed by atoms with Crippen LogP contribution in [0.5, 0.6) is 0 Å². The summed E-state index contributed by atoms with van der Waals surface area (Å²) in [7, 11) is 1.20. The number of hydrogen-bond donors (Lipinski definition) is 6. The maximum Gasteiger partial charge on any atom is 0.333 e. The fourth-order valence-electron chi connectivity index (χ4n) is 7.14. The van der Waals surface area contributed by atoms with Gasteiger partial charge in [-0.25, -0.2) is 4.79 Å². The first-order valence-electron chi connectivity index (χ1n) is 13.8. The second-order valence-corrected chi connectivity index (χ2v) is 11.1. The second-order valence-electron chi connectivity index (χ2n) is 11.1. The minimum Gasteiger partial charge on any atom is -0.483 e. The molecular weight excluding hydrogens is 538 g/mol. The first kappa shape index (κ1) is 29.5. The maximum absolute atomic E-state index is 12.5. The average molecular weight is 576 g/mol. The molecule has 8 unspecified atom stereocenters. The Morgan fingerprint density at radius 3 is 2.68 bits per heavy atom. The van der Waals surface area contributed by atoms with Gasteiger partial charge in [0.05, 0.1) is 31.6 Å². The van der Waals surface area contributed by atoms with Gasteiger partial charge in [0.2, 0.25) is 5.79 Å². The lowest BCUT2D eigenvalue weighted by atomic mass is 9.61. The van der Waals surface area contributed by atoms with Gasteiger partial charge in [0.15, 0.2) is 11.2 Å². The van der Waals surface area contributed by atoms with Crippen molar-refractivity contribution in [3.05, 3.63) is 46.6 Å². The molecule has 3 heterocycles. The van der Waals surface area contributed by atoms with Crippen LogP contribution >= 0.6 is 0 Å². The van der Waals surface area contributed by atoms with Gasteiger partial charge in [-0.2, -0.15) is 0 Å². The molecule has 2 aliphatic heterocycles. The highest BCUT2D eigenvalue weighted by atomic mass is 16.7. The Morgan fingerprint density at radius 1 is 1.32 bits per heavy atom. The number of esters is 1. The van der Waals surface area contributed by atoms with E-state index in [0.29, 0.717) is 10.9 Å². The number of aryl methyl sites for hydroxylation is 1. The number of aromatic nitrogens is 1. The van der Waals surface area contributed by atoms with Crippen molar-refractivity contribution in [1.82, 2.24) is 4.98 Å². The van der Waals surface area contributed by atoms with E-state index in [-0.39, 0.29) is 24.8 Å². The zero-order chi connectivity index (χ0) is 29.7. The van der Waals surface area contributed by atoms with Gasteiger partial charge in [-0.05, 0) is 37.3 Å². The molecule has 0 radical (unpaired) electrons. The number of methoxy groups -OCH3 is 1. The zero-order valence-electron chi connectivity index (χ0n) is 23.0. The first-order valence-corrected chi connectivity index (χ1v) is 13.8. The van der Waals surface area contributed by atoms with Crippen LogP contribution in [0.1, 0.15) is 38.3 Å². The van der Waals surface area contributed by atoms with Crippen molar-refractivity contribution >= 4 is 23.8 Å². The van der Waals surface area contributed by atoms with Crippen molar-refractivity contribution in [1.29, 1.82) is 0 Å². The first-order chi connectivity index (χ1) is 19.5. The van der Waals surface area contributed by atoms with Gasteiger partial charge in [-0.3, -0.25) is 4.79 Å². The molecule has 2 fully saturated rings.